The van der Waals surface area contributed by atoms with Crippen LogP contribution in [0.25, 0.3) is 0 Å². The lowest BCUT2D eigenvalue weighted by atomic mass is 10.2. The second kappa shape index (κ2) is 5.21. The van der Waals surface area contributed by atoms with E-state index in [4.69, 9.17) is 9.47 Å². The van der Waals surface area contributed by atoms with Crippen molar-refractivity contribution in [2.75, 3.05) is 25.2 Å². The minimum atomic E-state index is -0.134. The lowest BCUT2D eigenvalue weighted by Gasteiger charge is -2.29. The van der Waals surface area contributed by atoms with E-state index in [2.05, 4.69) is 4.98 Å². The number of amides is 1. The van der Waals surface area contributed by atoms with Crippen LogP contribution in [0.15, 0.2) is 42.6 Å². The van der Waals surface area contributed by atoms with Crippen molar-refractivity contribution in [3.05, 3.63) is 48.2 Å². The standard InChI is InChI=1S/C15H14N2O3/c1-19-14-11(5-4-8-16-14)15(18)17-9-10-20-13-7-3-2-6-12(13)17/h2-8H,9-10H2,1H3. The molecule has 5 nitrogen and oxygen atoms in total. The van der Waals surface area contributed by atoms with Gasteiger partial charge in [-0.3, -0.25) is 4.79 Å². The molecule has 20 heavy (non-hydrogen) atoms. The van der Waals surface area contributed by atoms with Gasteiger partial charge in [0, 0.05) is 6.20 Å². The predicted octanol–water partition coefficient (Wildman–Crippen LogP) is 2.13. The molecule has 2 aromatic rings. The zero-order chi connectivity index (χ0) is 13.9. The van der Waals surface area contributed by atoms with Gasteiger partial charge in [0.25, 0.3) is 5.91 Å². The monoisotopic (exact) mass is 270 g/mol. The number of carbonyl (C=O) groups excluding carboxylic acids is 1. The lowest BCUT2D eigenvalue weighted by Crippen LogP contribution is -2.38. The van der Waals surface area contributed by atoms with Gasteiger partial charge in [-0.1, -0.05) is 12.1 Å². The molecule has 0 saturated heterocycles. The predicted molar refractivity (Wildman–Crippen MR) is 74.4 cm³/mol. The maximum atomic E-state index is 12.7. The van der Waals surface area contributed by atoms with Gasteiger partial charge < -0.3 is 14.4 Å². The molecule has 0 atom stereocenters. The highest BCUT2D eigenvalue weighted by Gasteiger charge is 2.26. The molecule has 2 heterocycles. The van der Waals surface area contributed by atoms with Crippen LogP contribution in [0.3, 0.4) is 0 Å². The molecule has 1 aromatic heterocycles. The number of aromatic nitrogens is 1. The highest BCUT2D eigenvalue weighted by molar-refractivity contribution is 6.08. The van der Waals surface area contributed by atoms with E-state index in [-0.39, 0.29) is 5.91 Å². The number of ether oxygens (including phenoxy) is 2. The average molecular weight is 270 g/mol. The first kappa shape index (κ1) is 12.5. The first-order valence-corrected chi connectivity index (χ1v) is 6.34. The number of benzene rings is 1. The lowest BCUT2D eigenvalue weighted by molar-refractivity contribution is 0.0973. The summed E-state index contributed by atoms with van der Waals surface area (Å²) in [7, 11) is 1.51. The number of rotatable bonds is 2. The molecule has 0 spiro atoms. The van der Waals surface area contributed by atoms with Gasteiger partial charge in [0.2, 0.25) is 5.88 Å². The Hall–Kier alpha value is -2.56. The molecule has 0 aliphatic carbocycles. The van der Waals surface area contributed by atoms with Gasteiger partial charge in [-0.25, -0.2) is 4.98 Å². The summed E-state index contributed by atoms with van der Waals surface area (Å²) >= 11 is 0. The molecule has 5 heteroatoms. The van der Waals surface area contributed by atoms with Gasteiger partial charge in [0.15, 0.2) is 0 Å². The number of fused-ring (bicyclic) bond motifs is 1. The second-order valence-corrected chi connectivity index (χ2v) is 4.33. The fourth-order valence-corrected chi connectivity index (χ4v) is 2.24. The van der Waals surface area contributed by atoms with E-state index in [1.165, 1.54) is 7.11 Å². The molecule has 3 rings (SSSR count). The number of anilines is 1. The van der Waals surface area contributed by atoms with Crippen LogP contribution >= 0.6 is 0 Å². The Morgan fingerprint density at radius 2 is 2.15 bits per heavy atom. The molecule has 0 saturated carbocycles. The third-order valence-electron chi connectivity index (χ3n) is 3.17. The van der Waals surface area contributed by atoms with Gasteiger partial charge in [0.05, 0.1) is 19.3 Å². The quantitative estimate of drug-likeness (QED) is 0.839. The molecule has 1 amide bonds. The van der Waals surface area contributed by atoms with Crippen LogP contribution in [0.4, 0.5) is 5.69 Å². The summed E-state index contributed by atoms with van der Waals surface area (Å²) in [6.45, 7) is 0.985. The van der Waals surface area contributed by atoms with Crippen molar-refractivity contribution in [1.29, 1.82) is 0 Å². The second-order valence-electron chi connectivity index (χ2n) is 4.33. The third-order valence-corrected chi connectivity index (χ3v) is 3.17. The Balaban J connectivity index is 2.00. The van der Waals surface area contributed by atoms with E-state index in [1.54, 1.807) is 23.2 Å². The highest BCUT2D eigenvalue weighted by atomic mass is 16.5. The van der Waals surface area contributed by atoms with Crippen molar-refractivity contribution in [2.45, 2.75) is 0 Å². The van der Waals surface area contributed by atoms with Crippen molar-refractivity contribution in [3.8, 4) is 11.6 Å². The van der Waals surface area contributed by atoms with Crippen LogP contribution < -0.4 is 14.4 Å². The summed E-state index contributed by atoms with van der Waals surface area (Å²) < 4.78 is 10.7. The molecule has 0 N–H and O–H groups in total. The Bertz CT molecular complexity index is 643. The summed E-state index contributed by atoms with van der Waals surface area (Å²) in [4.78, 5) is 18.5. The summed E-state index contributed by atoms with van der Waals surface area (Å²) in [5.74, 6) is 0.919. The topological polar surface area (TPSA) is 51.7 Å². The van der Waals surface area contributed by atoms with Crippen molar-refractivity contribution in [1.82, 2.24) is 4.98 Å². The molecule has 0 bridgehead atoms. The molecular formula is C15H14N2O3. The number of nitrogens with zero attached hydrogens (tertiary/aromatic N) is 2. The fraction of sp³-hybridized carbons (Fsp3) is 0.200. The zero-order valence-electron chi connectivity index (χ0n) is 11.1. The maximum absolute atomic E-state index is 12.7. The maximum Gasteiger partial charge on any atom is 0.263 e. The molecule has 0 unspecified atom stereocenters. The van der Waals surface area contributed by atoms with Crippen molar-refractivity contribution in [2.24, 2.45) is 0 Å². The first-order valence-electron chi connectivity index (χ1n) is 6.34. The van der Waals surface area contributed by atoms with E-state index in [1.807, 2.05) is 24.3 Å². The molecule has 1 aliphatic rings. The molecule has 0 fully saturated rings. The van der Waals surface area contributed by atoms with Crippen molar-refractivity contribution < 1.29 is 14.3 Å². The number of para-hydroxylation sites is 2. The van der Waals surface area contributed by atoms with Gasteiger partial charge in [-0.2, -0.15) is 0 Å². The Labute approximate surface area is 116 Å². The van der Waals surface area contributed by atoms with E-state index < -0.39 is 0 Å². The van der Waals surface area contributed by atoms with E-state index >= 15 is 0 Å². The van der Waals surface area contributed by atoms with Crippen LogP contribution in [0.2, 0.25) is 0 Å². The largest absolute Gasteiger partial charge is 0.490 e. The molecule has 1 aromatic carbocycles. The first-order chi connectivity index (χ1) is 9.81. The number of methoxy groups -OCH3 is 1. The molecular weight excluding hydrogens is 256 g/mol. The summed E-state index contributed by atoms with van der Waals surface area (Å²) in [6.07, 6.45) is 1.60. The van der Waals surface area contributed by atoms with Gasteiger partial charge in [0.1, 0.15) is 17.9 Å². The normalized spacial score (nSPS) is 13.3. The summed E-state index contributed by atoms with van der Waals surface area (Å²) in [5.41, 5.74) is 1.22. The van der Waals surface area contributed by atoms with Gasteiger partial charge in [-0.15, -0.1) is 0 Å². The molecule has 1 aliphatic heterocycles. The van der Waals surface area contributed by atoms with Crippen molar-refractivity contribution in [3.63, 3.8) is 0 Å². The van der Waals surface area contributed by atoms with E-state index in [0.717, 1.165) is 11.4 Å². The van der Waals surface area contributed by atoms with Crippen LogP contribution in [0.1, 0.15) is 10.4 Å². The van der Waals surface area contributed by atoms with Gasteiger partial charge >= 0.3 is 0 Å². The molecule has 0 radical (unpaired) electrons. The van der Waals surface area contributed by atoms with Crippen LogP contribution in [-0.2, 0) is 0 Å². The van der Waals surface area contributed by atoms with Crippen LogP contribution in [0, 0.1) is 0 Å². The minimum Gasteiger partial charge on any atom is -0.490 e. The Kier molecular flexibility index (Phi) is 3.25. The SMILES string of the molecule is COc1ncccc1C(=O)N1CCOc2ccccc21. The summed E-state index contributed by atoms with van der Waals surface area (Å²) in [5, 5.41) is 0. The fourth-order valence-electron chi connectivity index (χ4n) is 2.24. The van der Waals surface area contributed by atoms with Crippen LogP contribution in [0.5, 0.6) is 11.6 Å². The van der Waals surface area contributed by atoms with Gasteiger partial charge in [-0.05, 0) is 24.3 Å². The number of hydrogen-bond donors (Lipinski definition) is 0. The average Bonchev–Trinajstić information content (AvgIpc) is 2.53. The Morgan fingerprint density at radius 3 is 3.00 bits per heavy atom. The van der Waals surface area contributed by atoms with E-state index in [9.17, 15) is 4.79 Å². The number of hydrogen-bond acceptors (Lipinski definition) is 4. The zero-order valence-corrected chi connectivity index (χ0v) is 11.1. The minimum absolute atomic E-state index is 0.134. The smallest absolute Gasteiger partial charge is 0.263 e. The number of pyridine rings is 1. The van der Waals surface area contributed by atoms with Crippen molar-refractivity contribution >= 4 is 11.6 Å². The van der Waals surface area contributed by atoms with Crippen LogP contribution in [-0.4, -0.2) is 31.2 Å². The van der Waals surface area contributed by atoms with E-state index in [0.29, 0.717) is 24.6 Å². The Morgan fingerprint density at radius 1 is 1.30 bits per heavy atom. The summed E-state index contributed by atoms with van der Waals surface area (Å²) in [6, 6.07) is 10.9. The highest BCUT2D eigenvalue weighted by Crippen LogP contribution is 2.32. The molecule has 102 valence electrons. The number of carbonyl (C=O) groups is 1. The third kappa shape index (κ3) is 2.07.